The van der Waals surface area contributed by atoms with Crippen LogP contribution in [0.2, 0.25) is 0 Å². The molecule has 0 aromatic carbocycles. The Bertz CT molecular complexity index is 151. The van der Waals surface area contributed by atoms with Crippen LogP contribution in [0.3, 0.4) is 0 Å². The minimum absolute atomic E-state index is 1.10. The van der Waals surface area contributed by atoms with Crippen LogP contribution >= 0.6 is 22.6 Å². The number of aromatic nitrogens is 1. The molecule has 0 bridgehead atoms. The zero-order chi connectivity index (χ0) is 7.82. The third kappa shape index (κ3) is 3.82. The van der Waals surface area contributed by atoms with Crippen molar-refractivity contribution in [2.24, 2.45) is 0 Å². The molecule has 0 unspecified atom stereocenters. The van der Waals surface area contributed by atoms with Crippen molar-refractivity contribution in [1.82, 2.24) is 4.98 Å². The van der Waals surface area contributed by atoms with Crippen LogP contribution in [0.15, 0.2) is 24.5 Å². The third-order valence-electron chi connectivity index (χ3n) is 1.16. The number of halogens is 1. The van der Waals surface area contributed by atoms with Crippen molar-refractivity contribution in [2.45, 2.75) is 13.3 Å². The van der Waals surface area contributed by atoms with Gasteiger partial charge < -0.3 is 0 Å². The fourth-order valence-electron chi connectivity index (χ4n) is 0.618. The van der Waals surface area contributed by atoms with E-state index in [1.807, 2.05) is 29.5 Å². The molecule has 0 fully saturated rings. The Balaban J connectivity index is 0.000000371. The quantitative estimate of drug-likeness (QED) is 0.550. The van der Waals surface area contributed by atoms with Gasteiger partial charge in [-0.3, -0.25) is 4.98 Å². The van der Waals surface area contributed by atoms with Gasteiger partial charge in [0.1, 0.15) is 0 Å². The fraction of sp³-hybridized carbons (Fsp3) is 0.375. The summed E-state index contributed by atoms with van der Waals surface area (Å²) >= 11 is 2.15. The predicted molar refractivity (Wildman–Crippen MR) is 53.6 cm³/mol. The van der Waals surface area contributed by atoms with Crippen molar-refractivity contribution in [1.29, 1.82) is 0 Å². The second-order valence-corrected chi connectivity index (χ2v) is 1.71. The minimum Gasteiger partial charge on any atom is -0.265 e. The molecule has 1 nitrogen and oxygen atoms in total. The number of rotatable bonds is 1. The van der Waals surface area contributed by atoms with Crippen LogP contribution in [-0.2, 0) is 6.42 Å². The number of hydrogen-bond donors (Lipinski definition) is 0. The summed E-state index contributed by atoms with van der Waals surface area (Å²) in [7, 11) is 0. The van der Waals surface area contributed by atoms with Gasteiger partial charge in [-0.15, -0.1) is 0 Å². The molecule has 0 aliphatic rings. The van der Waals surface area contributed by atoms with Crippen LogP contribution in [0.4, 0.5) is 0 Å². The molecule has 10 heavy (non-hydrogen) atoms. The molecule has 0 spiro atoms. The molecule has 0 radical (unpaired) electrons. The molecular formula is C8H12IN. The van der Waals surface area contributed by atoms with Gasteiger partial charge in [0.2, 0.25) is 0 Å². The summed E-state index contributed by atoms with van der Waals surface area (Å²) in [6.07, 6.45) is 4.74. The molecule has 1 rings (SSSR count). The molecule has 0 amide bonds. The second kappa shape index (κ2) is 6.99. The average molecular weight is 249 g/mol. The number of pyridine rings is 1. The van der Waals surface area contributed by atoms with Gasteiger partial charge in [-0.25, -0.2) is 0 Å². The Kier molecular flexibility index (Phi) is 6.91. The van der Waals surface area contributed by atoms with E-state index in [2.05, 4.69) is 34.5 Å². The maximum atomic E-state index is 3.89. The number of alkyl halides is 1. The summed E-state index contributed by atoms with van der Waals surface area (Å²) in [5.74, 6) is 0. The van der Waals surface area contributed by atoms with Crippen molar-refractivity contribution < 1.29 is 0 Å². The summed E-state index contributed by atoms with van der Waals surface area (Å²) in [4.78, 5) is 5.86. The summed E-state index contributed by atoms with van der Waals surface area (Å²) in [6, 6.07) is 4.06. The van der Waals surface area contributed by atoms with Gasteiger partial charge in [0.15, 0.2) is 0 Å². The fourth-order valence-corrected chi connectivity index (χ4v) is 0.618. The number of aryl methyl sites for hydroxylation is 1. The van der Waals surface area contributed by atoms with Gasteiger partial charge in [0.25, 0.3) is 0 Å². The standard InChI is InChI=1S/C7H9N.CH3I/c1-2-7-3-5-8-6-4-7;1-2/h3-6H,2H2,1H3;1H3. The molecular weight excluding hydrogens is 237 g/mol. The lowest BCUT2D eigenvalue weighted by atomic mass is 10.2. The summed E-state index contributed by atoms with van der Waals surface area (Å²) < 4.78 is 0. The van der Waals surface area contributed by atoms with E-state index >= 15 is 0 Å². The molecule has 0 atom stereocenters. The zero-order valence-corrected chi connectivity index (χ0v) is 8.50. The predicted octanol–water partition coefficient (Wildman–Crippen LogP) is 2.70. The van der Waals surface area contributed by atoms with Gasteiger partial charge >= 0.3 is 0 Å². The third-order valence-corrected chi connectivity index (χ3v) is 1.16. The molecule has 56 valence electrons. The van der Waals surface area contributed by atoms with E-state index in [4.69, 9.17) is 0 Å². The molecule has 0 aliphatic heterocycles. The molecule has 0 saturated heterocycles. The number of nitrogens with zero attached hydrogens (tertiary/aromatic N) is 1. The first kappa shape index (κ1) is 9.88. The Labute approximate surface area is 76.0 Å². The molecule has 0 N–H and O–H groups in total. The van der Waals surface area contributed by atoms with Gasteiger partial charge in [-0.2, -0.15) is 0 Å². The van der Waals surface area contributed by atoms with Gasteiger partial charge in [-0.05, 0) is 29.0 Å². The van der Waals surface area contributed by atoms with E-state index in [1.165, 1.54) is 5.56 Å². The summed E-state index contributed by atoms with van der Waals surface area (Å²) in [5.41, 5.74) is 1.35. The average Bonchev–Trinajstić information content (AvgIpc) is 2.10. The Morgan fingerprint density at radius 1 is 1.30 bits per heavy atom. The molecule has 0 aliphatic carbocycles. The lowest BCUT2D eigenvalue weighted by Gasteiger charge is -1.89. The highest BCUT2D eigenvalue weighted by Gasteiger charge is 1.80. The highest BCUT2D eigenvalue weighted by Crippen LogP contribution is 1.94. The van der Waals surface area contributed by atoms with Crippen molar-refractivity contribution in [3.63, 3.8) is 0 Å². The second-order valence-electron chi connectivity index (χ2n) is 1.71. The van der Waals surface area contributed by atoms with E-state index in [0.717, 1.165) is 6.42 Å². The topological polar surface area (TPSA) is 12.9 Å². The van der Waals surface area contributed by atoms with Crippen LogP contribution in [0.1, 0.15) is 12.5 Å². The largest absolute Gasteiger partial charge is 0.265 e. The molecule has 1 aromatic rings. The van der Waals surface area contributed by atoms with Crippen molar-refractivity contribution in [3.05, 3.63) is 30.1 Å². The molecule has 0 saturated carbocycles. The van der Waals surface area contributed by atoms with E-state index < -0.39 is 0 Å². The monoisotopic (exact) mass is 249 g/mol. The van der Waals surface area contributed by atoms with Gasteiger partial charge in [0.05, 0.1) is 0 Å². The zero-order valence-electron chi connectivity index (χ0n) is 6.34. The number of hydrogen-bond acceptors (Lipinski definition) is 1. The lowest BCUT2D eigenvalue weighted by molar-refractivity contribution is 1.12. The van der Waals surface area contributed by atoms with Crippen LogP contribution < -0.4 is 0 Å². The summed E-state index contributed by atoms with van der Waals surface area (Å²) in [6.45, 7) is 2.13. The summed E-state index contributed by atoms with van der Waals surface area (Å²) in [5, 5.41) is 0. The van der Waals surface area contributed by atoms with Crippen molar-refractivity contribution >= 4 is 22.6 Å². The van der Waals surface area contributed by atoms with E-state index in [-0.39, 0.29) is 0 Å². The van der Waals surface area contributed by atoms with E-state index in [0.29, 0.717) is 0 Å². The first-order chi connectivity index (χ1) is 4.93. The molecule has 1 aromatic heterocycles. The van der Waals surface area contributed by atoms with Crippen LogP contribution in [0, 0.1) is 0 Å². The first-order valence-corrected chi connectivity index (χ1v) is 5.36. The van der Waals surface area contributed by atoms with E-state index in [9.17, 15) is 0 Å². The Morgan fingerprint density at radius 2 is 1.80 bits per heavy atom. The highest BCUT2D eigenvalue weighted by molar-refractivity contribution is 14.1. The minimum atomic E-state index is 1.10. The maximum absolute atomic E-state index is 3.89. The Morgan fingerprint density at radius 3 is 2.10 bits per heavy atom. The SMILES string of the molecule is CCc1ccncc1.CI. The van der Waals surface area contributed by atoms with Crippen LogP contribution in [0.5, 0.6) is 0 Å². The van der Waals surface area contributed by atoms with Crippen LogP contribution in [0.25, 0.3) is 0 Å². The van der Waals surface area contributed by atoms with Gasteiger partial charge in [0, 0.05) is 12.4 Å². The normalized spacial score (nSPS) is 7.90. The van der Waals surface area contributed by atoms with Gasteiger partial charge in [-0.1, -0.05) is 29.5 Å². The maximum Gasteiger partial charge on any atom is 0.0270 e. The lowest BCUT2D eigenvalue weighted by Crippen LogP contribution is -1.76. The van der Waals surface area contributed by atoms with Crippen molar-refractivity contribution in [3.8, 4) is 0 Å². The molecule has 2 heteroatoms. The highest BCUT2D eigenvalue weighted by atomic mass is 127. The van der Waals surface area contributed by atoms with E-state index in [1.54, 1.807) is 0 Å². The first-order valence-electron chi connectivity index (χ1n) is 3.20. The van der Waals surface area contributed by atoms with Crippen molar-refractivity contribution in [2.75, 3.05) is 4.93 Å². The van der Waals surface area contributed by atoms with Crippen LogP contribution in [-0.4, -0.2) is 9.91 Å². The smallest absolute Gasteiger partial charge is 0.0270 e. The Hall–Kier alpha value is -0.120. The molecule has 1 heterocycles.